The van der Waals surface area contributed by atoms with Crippen molar-refractivity contribution < 1.29 is 4.42 Å². The van der Waals surface area contributed by atoms with E-state index in [-0.39, 0.29) is 17.6 Å². The molecule has 5 heteroatoms. The van der Waals surface area contributed by atoms with Gasteiger partial charge in [0, 0.05) is 51.8 Å². The smallest absolute Gasteiger partial charge is 0.159 e. The van der Waals surface area contributed by atoms with E-state index < -0.39 is 0 Å². The van der Waals surface area contributed by atoms with Gasteiger partial charge >= 0.3 is 0 Å². The van der Waals surface area contributed by atoms with Crippen LogP contribution in [0.2, 0.25) is 0 Å². The molecule has 9 rings (SSSR count). The Morgan fingerprint density at radius 2 is 1.43 bits per heavy atom. The number of hydrogen-bond donors (Lipinski definition) is 0. The van der Waals surface area contributed by atoms with Gasteiger partial charge in [-0.3, -0.25) is 0 Å². The summed E-state index contributed by atoms with van der Waals surface area (Å²) in [7, 11) is 2.08. The molecule has 3 aliphatic rings. The lowest BCUT2D eigenvalue weighted by Crippen LogP contribution is -2.42. The Morgan fingerprint density at radius 1 is 0.717 bits per heavy atom. The molecule has 222 valence electrons. The minimum absolute atomic E-state index is 0.156. The number of anilines is 2. The molecule has 1 aliphatic carbocycles. The molecule has 0 radical (unpaired) electrons. The number of aliphatic imine (C=N–C) groups is 2. The highest BCUT2D eigenvalue weighted by atomic mass is 16.3. The van der Waals surface area contributed by atoms with Crippen LogP contribution in [0.25, 0.3) is 21.9 Å². The Kier molecular flexibility index (Phi) is 5.91. The normalized spacial score (nSPS) is 21.8. The highest BCUT2D eigenvalue weighted by molar-refractivity contribution is 6.13. The van der Waals surface area contributed by atoms with Gasteiger partial charge in [-0.2, -0.15) is 0 Å². The lowest BCUT2D eigenvalue weighted by molar-refractivity contribution is 0.383. The SMILES string of the molecule is CN1C(c2ccccc2)=NC(c2ccccc2)=NC1c1ccc(N2c3ccc4c(oc5ccccc54)c3C3C=CC=CC32C)cc1. The van der Waals surface area contributed by atoms with Crippen LogP contribution in [0.4, 0.5) is 11.4 Å². The number of benzene rings is 5. The lowest BCUT2D eigenvalue weighted by Gasteiger charge is -2.39. The molecule has 0 amide bonds. The largest absolute Gasteiger partial charge is 0.456 e. The quantitative estimate of drug-likeness (QED) is 0.204. The minimum atomic E-state index is -0.279. The van der Waals surface area contributed by atoms with Crippen molar-refractivity contribution in [3.63, 3.8) is 0 Å². The average molecular weight is 597 g/mol. The number of rotatable bonds is 4. The van der Waals surface area contributed by atoms with Crippen LogP contribution in [0.15, 0.2) is 160 Å². The van der Waals surface area contributed by atoms with E-state index >= 15 is 0 Å². The standard InChI is InChI=1S/C41H32N4O/c1-41-26-12-11-18-33(41)36-34(25-24-32-31-17-9-10-19-35(31)46-37(32)36)45(41)30-22-20-29(21-23-30)40-43-38(27-13-5-3-6-14-27)42-39(44(40)2)28-15-7-4-8-16-28/h3-26,33,40H,1-2H3. The summed E-state index contributed by atoms with van der Waals surface area (Å²) in [4.78, 5) is 14.9. The van der Waals surface area contributed by atoms with Crippen molar-refractivity contribution in [2.45, 2.75) is 24.5 Å². The molecule has 3 unspecified atom stereocenters. The van der Waals surface area contributed by atoms with E-state index in [4.69, 9.17) is 14.4 Å². The van der Waals surface area contributed by atoms with Crippen molar-refractivity contribution in [3.05, 3.63) is 168 Å². The van der Waals surface area contributed by atoms with Crippen LogP contribution in [0.3, 0.4) is 0 Å². The molecular weight excluding hydrogens is 564 g/mol. The van der Waals surface area contributed by atoms with E-state index in [2.05, 4.69) is 139 Å². The van der Waals surface area contributed by atoms with E-state index in [1.807, 2.05) is 30.3 Å². The van der Waals surface area contributed by atoms with Crippen LogP contribution in [0.5, 0.6) is 0 Å². The topological polar surface area (TPSA) is 44.3 Å². The number of nitrogens with zero attached hydrogens (tertiary/aromatic N) is 4. The Labute approximate surface area is 268 Å². The third-order valence-electron chi connectivity index (χ3n) is 9.74. The molecule has 3 heterocycles. The Balaban J connectivity index is 1.14. The van der Waals surface area contributed by atoms with Crippen molar-refractivity contribution in [2.24, 2.45) is 9.98 Å². The third-order valence-corrected chi connectivity index (χ3v) is 9.74. The number of fused-ring (bicyclic) bond motifs is 7. The molecule has 5 aromatic carbocycles. The summed E-state index contributed by atoms with van der Waals surface area (Å²) in [5.41, 5.74) is 8.37. The van der Waals surface area contributed by atoms with Crippen LogP contribution in [-0.2, 0) is 0 Å². The predicted molar refractivity (Wildman–Crippen MR) is 188 cm³/mol. The number of para-hydroxylation sites is 1. The second-order valence-electron chi connectivity index (χ2n) is 12.5. The van der Waals surface area contributed by atoms with Gasteiger partial charge in [0.25, 0.3) is 0 Å². The molecular formula is C41H32N4O. The molecule has 2 aliphatic heterocycles. The van der Waals surface area contributed by atoms with Gasteiger partial charge in [0.15, 0.2) is 5.84 Å². The molecule has 5 nitrogen and oxygen atoms in total. The second kappa shape index (κ2) is 10.2. The van der Waals surface area contributed by atoms with Crippen molar-refractivity contribution in [1.82, 2.24) is 4.90 Å². The van der Waals surface area contributed by atoms with E-state index in [0.717, 1.165) is 50.6 Å². The van der Waals surface area contributed by atoms with E-state index in [0.29, 0.717) is 0 Å². The maximum Gasteiger partial charge on any atom is 0.159 e. The molecule has 0 bridgehead atoms. The zero-order valence-electron chi connectivity index (χ0n) is 25.7. The van der Waals surface area contributed by atoms with E-state index in [1.165, 1.54) is 16.6 Å². The summed E-state index contributed by atoms with van der Waals surface area (Å²) in [6.45, 7) is 2.33. The van der Waals surface area contributed by atoms with Crippen LogP contribution in [-0.4, -0.2) is 29.2 Å². The van der Waals surface area contributed by atoms with Crippen molar-refractivity contribution in [1.29, 1.82) is 0 Å². The zero-order valence-corrected chi connectivity index (χ0v) is 25.7. The number of hydrogen-bond acceptors (Lipinski definition) is 5. The van der Waals surface area contributed by atoms with Crippen molar-refractivity contribution >= 4 is 45.0 Å². The summed E-state index contributed by atoms with van der Waals surface area (Å²) < 4.78 is 6.56. The van der Waals surface area contributed by atoms with Gasteiger partial charge in [-0.25, -0.2) is 9.98 Å². The van der Waals surface area contributed by atoms with E-state index in [1.54, 1.807) is 0 Å². The third kappa shape index (κ3) is 3.94. The van der Waals surface area contributed by atoms with Gasteiger partial charge in [-0.1, -0.05) is 115 Å². The van der Waals surface area contributed by atoms with Gasteiger partial charge in [0.1, 0.15) is 23.2 Å². The predicted octanol–water partition coefficient (Wildman–Crippen LogP) is 9.54. The number of furan rings is 1. The summed E-state index contributed by atoms with van der Waals surface area (Å²) in [6.07, 6.45) is 8.76. The molecule has 3 atom stereocenters. The zero-order chi connectivity index (χ0) is 30.8. The van der Waals surface area contributed by atoms with Crippen molar-refractivity contribution in [2.75, 3.05) is 11.9 Å². The summed E-state index contributed by atoms with van der Waals surface area (Å²) >= 11 is 0. The Bertz CT molecular complexity index is 2250. The Morgan fingerprint density at radius 3 is 2.22 bits per heavy atom. The first-order valence-corrected chi connectivity index (χ1v) is 15.8. The fraction of sp³-hybridized carbons (Fsp3) is 0.122. The van der Waals surface area contributed by atoms with Crippen LogP contribution >= 0.6 is 0 Å². The molecule has 6 aromatic rings. The van der Waals surface area contributed by atoms with Gasteiger partial charge in [-0.05, 0) is 42.8 Å². The van der Waals surface area contributed by atoms with Crippen molar-refractivity contribution in [3.8, 4) is 0 Å². The van der Waals surface area contributed by atoms with Crippen LogP contribution in [0.1, 0.15) is 41.3 Å². The summed E-state index contributed by atoms with van der Waals surface area (Å²) in [6, 6.07) is 42.3. The van der Waals surface area contributed by atoms with Gasteiger partial charge in [-0.15, -0.1) is 0 Å². The number of amidine groups is 2. The fourth-order valence-electron chi connectivity index (χ4n) is 7.50. The molecule has 0 spiro atoms. The minimum Gasteiger partial charge on any atom is -0.456 e. The maximum atomic E-state index is 6.56. The molecule has 0 saturated heterocycles. The fourth-order valence-corrected chi connectivity index (χ4v) is 7.50. The highest BCUT2D eigenvalue weighted by Crippen LogP contribution is 2.56. The molecule has 46 heavy (non-hydrogen) atoms. The summed E-state index contributed by atoms with van der Waals surface area (Å²) in [5, 5.41) is 2.32. The van der Waals surface area contributed by atoms with Gasteiger partial charge in [0.05, 0.1) is 5.54 Å². The number of allylic oxidation sites excluding steroid dienone is 2. The lowest BCUT2D eigenvalue weighted by atomic mass is 9.80. The average Bonchev–Trinajstić information content (AvgIpc) is 3.61. The van der Waals surface area contributed by atoms with Gasteiger partial charge < -0.3 is 14.2 Å². The highest BCUT2D eigenvalue weighted by Gasteiger charge is 2.48. The molecule has 1 aromatic heterocycles. The first-order chi connectivity index (χ1) is 22.6. The molecule has 0 fully saturated rings. The second-order valence-corrected chi connectivity index (χ2v) is 12.5. The van der Waals surface area contributed by atoms with Crippen LogP contribution < -0.4 is 4.90 Å². The van der Waals surface area contributed by atoms with E-state index in [9.17, 15) is 0 Å². The first-order valence-electron chi connectivity index (χ1n) is 15.8. The molecule has 0 saturated carbocycles. The molecule has 0 N–H and O–H groups in total. The summed E-state index contributed by atoms with van der Waals surface area (Å²) in [5.74, 6) is 1.80. The monoisotopic (exact) mass is 596 g/mol. The van der Waals surface area contributed by atoms with Gasteiger partial charge in [0.2, 0.25) is 0 Å². The first kappa shape index (κ1) is 26.7. The Hall–Kier alpha value is -5.68. The maximum absolute atomic E-state index is 6.56. The van der Waals surface area contributed by atoms with Crippen LogP contribution in [0, 0.1) is 0 Å².